The Labute approximate surface area is 120 Å². The van der Waals surface area contributed by atoms with Gasteiger partial charge in [-0.25, -0.2) is 0 Å². The Morgan fingerprint density at radius 1 is 1.00 bits per heavy atom. The summed E-state index contributed by atoms with van der Waals surface area (Å²) < 4.78 is 5.36. The molecule has 116 valence electrons. The number of ether oxygens (including phenoxy) is 1. The van der Waals surface area contributed by atoms with E-state index in [9.17, 15) is 0 Å². The van der Waals surface area contributed by atoms with Crippen LogP contribution in [0.2, 0.25) is 0 Å². The number of hydrogen-bond donors (Lipinski definition) is 1. The number of nitrogens with two attached hydrogens (primary N) is 1. The Hall–Kier alpha value is -0.160. The minimum absolute atomic E-state index is 0.523. The van der Waals surface area contributed by atoms with Gasteiger partial charge in [-0.15, -0.1) is 0 Å². The maximum Gasteiger partial charge on any atom is 0.0618 e. The van der Waals surface area contributed by atoms with Gasteiger partial charge in [-0.1, -0.05) is 20.8 Å². The fraction of sp³-hybridized carbons (Fsp3) is 1.00. The predicted octanol–water partition coefficient (Wildman–Crippen LogP) is 1.79. The lowest BCUT2D eigenvalue weighted by Gasteiger charge is -2.31. The van der Waals surface area contributed by atoms with Crippen molar-refractivity contribution in [3.63, 3.8) is 0 Å². The zero-order valence-corrected chi connectivity index (χ0v) is 13.5. The molecule has 0 aliphatic heterocycles. The summed E-state index contributed by atoms with van der Waals surface area (Å²) in [5.41, 5.74) is 5.62. The third-order valence-corrected chi connectivity index (χ3v) is 3.84. The molecule has 0 aliphatic carbocycles. The van der Waals surface area contributed by atoms with Crippen LogP contribution in [0.1, 0.15) is 40.0 Å². The van der Waals surface area contributed by atoms with Crippen LogP contribution >= 0.6 is 0 Å². The van der Waals surface area contributed by atoms with Crippen molar-refractivity contribution >= 4 is 0 Å². The van der Waals surface area contributed by atoms with Crippen LogP contribution in [0.5, 0.6) is 0 Å². The first kappa shape index (κ1) is 18.8. The molecule has 0 saturated carbocycles. The zero-order valence-electron chi connectivity index (χ0n) is 13.5. The van der Waals surface area contributed by atoms with Crippen LogP contribution in [-0.2, 0) is 4.74 Å². The second-order valence-corrected chi connectivity index (χ2v) is 5.05. The van der Waals surface area contributed by atoms with E-state index in [1.807, 2.05) is 0 Å². The van der Waals surface area contributed by atoms with E-state index in [2.05, 4.69) is 30.6 Å². The molecule has 0 bridgehead atoms. The fourth-order valence-electron chi connectivity index (χ4n) is 2.55. The Bertz CT molecular complexity index is 186. The number of nitrogens with zero attached hydrogens (tertiary/aromatic N) is 2. The quantitative estimate of drug-likeness (QED) is 0.555. The SMILES string of the molecule is CCN(CC)CCCN(CC)C(CCCN)COC. The van der Waals surface area contributed by atoms with Crippen molar-refractivity contribution in [3.05, 3.63) is 0 Å². The van der Waals surface area contributed by atoms with Crippen molar-refractivity contribution in [1.29, 1.82) is 0 Å². The molecule has 0 heterocycles. The summed E-state index contributed by atoms with van der Waals surface area (Å²) in [4.78, 5) is 5.03. The molecule has 4 heteroatoms. The molecular formula is C15H35N3O. The Morgan fingerprint density at radius 3 is 2.16 bits per heavy atom. The van der Waals surface area contributed by atoms with Crippen LogP contribution in [0.4, 0.5) is 0 Å². The van der Waals surface area contributed by atoms with Gasteiger partial charge >= 0.3 is 0 Å². The second kappa shape index (κ2) is 12.9. The Kier molecular flexibility index (Phi) is 12.7. The summed E-state index contributed by atoms with van der Waals surface area (Å²) in [5.74, 6) is 0. The average molecular weight is 273 g/mol. The molecule has 19 heavy (non-hydrogen) atoms. The van der Waals surface area contributed by atoms with Crippen LogP contribution < -0.4 is 5.73 Å². The molecule has 2 N–H and O–H groups in total. The lowest BCUT2D eigenvalue weighted by molar-refractivity contribution is 0.0841. The minimum Gasteiger partial charge on any atom is -0.383 e. The van der Waals surface area contributed by atoms with Gasteiger partial charge in [0.15, 0.2) is 0 Å². The van der Waals surface area contributed by atoms with Crippen LogP contribution in [0, 0.1) is 0 Å². The summed E-state index contributed by atoms with van der Waals surface area (Å²) >= 11 is 0. The van der Waals surface area contributed by atoms with Gasteiger partial charge < -0.3 is 15.4 Å². The number of hydrogen-bond acceptors (Lipinski definition) is 4. The van der Waals surface area contributed by atoms with Gasteiger partial charge in [0.25, 0.3) is 0 Å². The summed E-state index contributed by atoms with van der Waals surface area (Å²) in [5, 5.41) is 0. The van der Waals surface area contributed by atoms with Gasteiger partial charge in [0.05, 0.1) is 6.61 Å². The van der Waals surface area contributed by atoms with E-state index in [4.69, 9.17) is 10.5 Å². The maximum atomic E-state index is 5.62. The first-order chi connectivity index (χ1) is 9.23. The summed E-state index contributed by atoms with van der Waals surface area (Å²) in [6.45, 7) is 14.0. The highest BCUT2D eigenvalue weighted by Gasteiger charge is 2.16. The summed E-state index contributed by atoms with van der Waals surface area (Å²) in [6, 6.07) is 0.523. The Balaban J connectivity index is 4.11. The van der Waals surface area contributed by atoms with E-state index in [1.54, 1.807) is 7.11 Å². The van der Waals surface area contributed by atoms with Gasteiger partial charge in [0.2, 0.25) is 0 Å². The molecule has 0 aliphatic rings. The van der Waals surface area contributed by atoms with Gasteiger partial charge in [-0.3, -0.25) is 4.90 Å². The normalized spacial score (nSPS) is 13.4. The molecule has 0 saturated heterocycles. The molecule has 0 radical (unpaired) electrons. The largest absolute Gasteiger partial charge is 0.383 e. The molecule has 0 aromatic heterocycles. The van der Waals surface area contributed by atoms with Crippen molar-refractivity contribution in [2.45, 2.75) is 46.1 Å². The van der Waals surface area contributed by atoms with Crippen LogP contribution in [0.3, 0.4) is 0 Å². The van der Waals surface area contributed by atoms with Crippen molar-refractivity contribution in [2.75, 3.05) is 53.0 Å². The molecular weight excluding hydrogens is 238 g/mol. The Morgan fingerprint density at radius 2 is 1.68 bits per heavy atom. The van der Waals surface area contributed by atoms with Gasteiger partial charge in [0, 0.05) is 13.2 Å². The number of methoxy groups -OCH3 is 1. The maximum absolute atomic E-state index is 5.62. The molecule has 0 fully saturated rings. The van der Waals surface area contributed by atoms with Crippen molar-refractivity contribution < 1.29 is 4.74 Å². The summed E-state index contributed by atoms with van der Waals surface area (Å²) in [6.07, 6.45) is 3.46. The standard InChI is InChI=1S/C15H35N3O/c1-5-17(6-2)12-9-13-18(7-3)15(14-19-4)10-8-11-16/h15H,5-14,16H2,1-4H3. The smallest absolute Gasteiger partial charge is 0.0618 e. The van der Waals surface area contributed by atoms with Crippen molar-refractivity contribution in [1.82, 2.24) is 9.80 Å². The first-order valence-corrected chi connectivity index (χ1v) is 7.88. The zero-order chi connectivity index (χ0) is 14.5. The molecule has 0 aromatic rings. The molecule has 0 spiro atoms. The third-order valence-electron chi connectivity index (χ3n) is 3.84. The van der Waals surface area contributed by atoms with E-state index < -0.39 is 0 Å². The topological polar surface area (TPSA) is 41.7 Å². The molecule has 0 amide bonds. The van der Waals surface area contributed by atoms with E-state index in [1.165, 1.54) is 13.0 Å². The van der Waals surface area contributed by atoms with Gasteiger partial charge in [-0.2, -0.15) is 0 Å². The molecule has 1 atom stereocenters. The van der Waals surface area contributed by atoms with Crippen molar-refractivity contribution in [3.8, 4) is 0 Å². The van der Waals surface area contributed by atoms with Crippen LogP contribution in [-0.4, -0.2) is 68.8 Å². The fourth-order valence-corrected chi connectivity index (χ4v) is 2.55. The second-order valence-electron chi connectivity index (χ2n) is 5.05. The van der Waals surface area contributed by atoms with Gasteiger partial charge in [-0.05, 0) is 58.5 Å². The van der Waals surface area contributed by atoms with Crippen molar-refractivity contribution in [2.24, 2.45) is 5.73 Å². The molecule has 1 unspecified atom stereocenters. The van der Waals surface area contributed by atoms with E-state index in [0.717, 1.165) is 52.2 Å². The lowest BCUT2D eigenvalue weighted by atomic mass is 10.1. The lowest BCUT2D eigenvalue weighted by Crippen LogP contribution is -2.40. The molecule has 0 aromatic carbocycles. The number of rotatable bonds is 13. The van der Waals surface area contributed by atoms with E-state index in [0.29, 0.717) is 6.04 Å². The number of likely N-dealkylation sites (N-methyl/N-ethyl adjacent to an activating group) is 1. The molecule has 4 nitrogen and oxygen atoms in total. The average Bonchev–Trinajstić information content (AvgIpc) is 2.44. The van der Waals surface area contributed by atoms with Crippen LogP contribution in [0.15, 0.2) is 0 Å². The first-order valence-electron chi connectivity index (χ1n) is 7.88. The monoisotopic (exact) mass is 273 g/mol. The summed E-state index contributed by atoms with van der Waals surface area (Å²) in [7, 11) is 1.79. The van der Waals surface area contributed by atoms with Crippen LogP contribution in [0.25, 0.3) is 0 Å². The highest BCUT2D eigenvalue weighted by Crippen LogP contribution is 2.08. The highest BCUT2D eigenvalue weighted by atomic mass is 16.5. The van der Waals surface area contributed by atoms with E-state index >= 15 is 0 Å². The third kappa shape index (κ3) is 8.58. The van der Waals surface area contributed by atoms with E-state index in [-0.39, 0.29) is 0 Å². The highest BCUT2D eigenvalue weighted by molar-refractivity contribution is 4.71. The van der Waals surface area contributed by atoms with Gasteiger partial charge in [0.1, 0.15) is 0 Å². The molecule has 0 rings (SSSR count). The minimum atomic E-state index is 0.523. The predicted molar refractivity (Wildman–Crippen MR) is 83.6 cm³/mol.